The minimum absolute atomic E-state index is 0.0188. The number of aromatic nitrogens is 3. The number of likely N-dealkylation sites (tertiary alicyclic amines) is 2. The topological polar surface area (TPSA) is 82.2 Å². The highest BCUT2D eigenvalue weighted by Gasteiger charge is 2.54. The van der Waals surface area contributed by atoms with Gasteiger partial charge in [0.15, 0.2) is 5.82 Å². The SMILES string of the molecule is CC(=O)N1CC2CN(C(=O)Cc3ccccc3F)CCC2(c2n[nH]c(C)n2)C1. The van der Waals surface area contributed by atoms with E-state index in [1.54, 1.807) is 30.0 Å². The fraction of sp³-hybridized carbons (Fsp3) is 0.500. The van der Waals surface area contributed by atoms with Crippen LogP contribution in [0.15, 0.2) is 24.3 Å². The van der Waals surface area contributed by atoms with Gasteiger partial charge < -0.3 is 9.80 Å². The van der Waals surface area contributed by atoms with E-state index in [2.05, 4.69) is 15.2 Å². The van der Waals surface area contributed by atoms with Gasteiger partial charge >= 0.3 is 0 Å². The van der Waals surface area contributed by atoms with Gasteiger partial charge in [0.2, 0.25) is 11.8 Å². The second-order valence-corrected chi connectivity index (χ2v) is 7.85. The van der Waals surface area contributed by atoms with Gasteiger partial charge in [0.25, 0.3) is 0 Å². The van der Waals surface area contributed by atoms with Crippen LogP contribution in [0.2, 0.25) is 0 Å². The first kappa shape index (κ1) is 18.6. The molecular formula is C20H24FN5O2. The molecule has 2 fully saturated rings. The average Bonchev–Trinajstić information content (AvgIpc) is 3.27. The van der Waals surface area contributed by atoms with Crippen molar-refractivity contribution in [3.8, 4) is 0 Å². The van der Waals surface area contributed by atoms with E-state index in [1.807, 2.05) is 11.8 Å². The molecule has 3 heterocycles. The quantitative estimate of drug-likeness (QED) is 0.867. The summed E-state index contributed by atoms with van der Waals surface area (Å²) in [7, 11) is 0. The Morgan fingerprint density at radius 1 is 1.29 bits per heavy atom. The summed E-state index contributed by atoms with van der Waals surface area (Å²) in [4.78, 5) is 33.0. The predicted octanol–water partition coefficient (Wildman–Crippen LogP) is 1.44. The summed E-state index contributed by atoms with van der Waals surface area (Å²) in [5.74, 6) is 1.09. The summed E-state index contributed by atoms with van der Waals surface area (Å²) < 4.78 is 13.9. The zero-order valence-corrected chi connectivity index (χ0v) is 16.1. The number of nitrogens with one attached hydrogen (secondary N) is 1. The Labute approximate surface area is 162 Å². The molecule has 2 amide bonds. The maximum absolute atomic E-state index is 13.9. The molecule has 2 aromatic rings. The smallest absolute Gasteiger partial charge is 0.227 e. The highest BCUT2D eigenvalue weighted by Crippen LogP contribution is 2.44. The fourth-order valence-corrected chi connectivity index (χ4v) is 4.50. The number of benzene rings is 1. The molecule has 148 valence electrons. The molecule has 1 N–H and O–H groups in total. The highest BCUT2D eigenvalue weighted by molar-refractivity contribution is 5.79. The van der Waals surface area contributed by atoms with Crippen molar-refractivity contribution in [2.45, 2.75) is 32.1 Å². The van der Waals surface area contributed by atoms with Crippen molar-refractivity contribution in [1.29, 1.82) is 0 Å². The first-order chi connectivity index (χ1) is 13.4. The van der Waals surface area contributed by atoms with Crippen LogP contribution in [0.3, 0.4) is 0 Å². The van der Waals surface area contributed by atoms with Crippen LogP contribution < -0.4 is 0 Å². The van der Waals surface area contributed by atoms with Gasteiger partial charge in [0, 0.05) is 39.0 Å². The second kappa shape index (κ2) is 7.00. The monoisotopic (exact) mass is 385 g/mol. The lowest BCUT2D eigenvalue weighted by Crippen LogP contribution is -2.52. The molecule has 0 saturated carbocycles. The number of hydrogen-bond acceptors (Lipinski definition) is 4. The number of amides is 2. The van der Waals surface area contributed by atoms with E-state index in [0.29, 0.717) is 38.2 Å². The van der Waals surface area contributed by atoms with E-state index in [-0.39, 0.29) is 35.4 Å². The molecule has 8 heteroatoms. The number of aryl methyl sites for hydroxylation is 1. The van der Waals surface area contributed by atoms with Gasteiger partial charge in [-0.05, 0) is 25.0 Å². The molecule has 2 atom stereocenters. The van der Waals surface area contributed by atoms with Crippen LogP contribution in [-0.4, -0.2) is 63.0 Å². The first-order valence-electron chi connectivity index (χ1n) is 9.55. The maximum Gasteiger partial charge on any atom is 0.227 e. The molecule has 28 heavy (non-hydrogen) atoms. The lowest BCUT2D eigenvalue weighted by Gasteiger charge is -2.41. The summed E-state index contributed by atoms with van der Waals surface area (Å²) in [5.41, 5.74) is 0.0660. The van der Waals surface area contributed by atoms with Crippen molar-refractivity contribution in [3.05, 3.63) is 47.3 Å². The van der Waals surface area contributed by atoms with Crippen LogP contribution in [0.5, 0.6) is 0 Å². The summed E-state index contributed by atoms with van der Waals surface area (Å²) in [6, 6.07) is 6.37. The van der Waals surface area contributed by atoms with E-state index in [4.69, 9.17) is 0 Å². The third-order valence-corrected chi connectivity index (χ3v) is 6.10. The molecule has 0 spiro atoms. The number of rotatable bonds is 3. The minimum atomic E-state index is -0.359. The zero-order valence-electron chi connectivity index (χ0n) is 16.1. The molecule has 0 radical (unpaired) electrons. The van der Waals surface area contributed by atoms with Gasteiger partial charge in [-0.25, -0.2) is 9.37 Å². The van der Waals surface area contributed by atoms with E-state index < -0.39 is 0 Å². The Morgan fingerprint density at radius 3 is 2.71 bits per heavy atom. The second-order valence-electron chi connectivity index (χ2n) is 7.85. The lowest BCUT2D eigenvalue weighted by atomic mass is 9.71. The predicted molar refractivity (Wildman–Crippen MR) is 99.8 cm³/mol. The van der Waals surface area contributed by atoms with Gasteiger partial charge in [-0.1, -0.05) is 18.2 Å². The molecule has 0 aliphatic carbocycles. The fourth-order valence-electron chi connectivity index (χ4n) is 4.50. The number of nitrogens with zero attached hydrogens (tertiary/aromatic N) is 4. The molecule has 1 aromatic heterocycles. The van der Waals surface area contributed by atoms with Crippen molar-refractivity contribution < 1.29 is 14.0 Å². The van der Waals surface area contributed by atoms with Crippen LogP contribution in [0.1, 0.15) is 30.6 Å². The van der Waals surface area contributed by atoms with Crippen molar-refractivity contribution >= 4 is 11.8 Å². The number of hydrogen-bond donors (Lipinski definition) is 1. The van der Waals surface area contributed by atoms with E-state index in [1.165, 1.54) is 6.07 Å². The highest BCUT2D eigenvalue weighted by atomic mass is 19.1. The molecule has 2 aliphatic heterocycles. The van der Waals surface area contributed by atoms with Gasteiger partial charge in [-0.15, -0.1) is 0 Å². The molecule has 1 aromatic carbocycles. The molecule has 7 nitrogen and oxygen atoms in total. The van der Waals surface area contributed by atoms with Crippen molar-refractivity contribution in [3.63, 3.8) is 0 Å². The van der Waals surface area contributed by atoms with Crippen molar-refractivity contribution in [2.24, 2.45) is 5.92 Å². The Morgan fingerprint density at radius 2 is 2.04 bits per heavy atom. The summed E-state index contributed by atoms with van der Waals surface area (Å²) in [6.07, 6.45) is 0.727. The molecule has 0 bridgehead atoms. The van der Waals surface area contributed by atoms with Gasteiger partial charge in [-0.3, -0.25) is 14.7 Å². The Balaban J connectivity index is 1.55. The lowest BCUT2D eigenvalue weighted by molar-refractivity contribution is -0.133. The van der Waals surface area contributed by atoms with Gasteiger partial charge in [0.05, 0.1) is 11.8 Å². The number of H-pyrrole nitrogens is 1. The normalized spacial score (nSPS) is 24.3. The van der Waals surface area contributed by atoms with Crippen molar-refractivity contribution in [2.75, 3.05) is 26.2 Å². The summed E-state index contributed by atoms with van der Waals surface area (Å²) in [5, 5.41) is 7.29. The summed E-state index contributed by atoms with van der Waals surface area (Å²) >= 11 is 0. The summed E-state index contributed by atoms with van der Waals surface area (Å²) in [6.45, 7) is 5.63. The minimum Gasteiger partial charge on any atom is -0.342 e. The Kier molecular flexibility index (Phi) is 4.64. The van der Waals surface area contributed by atoms with E-state index >= 15 is 0 Å². The van der Waals surface area contributed by atoms with E-state index in [0.717, 1.165) is 11.6 Å². The van der Waals surface area contributed by atoms with E-state index in [9.17, 15) is 14.0 Å². The molecule has 2 unspecified atom stereocenters. The van der Waals surface area contributed by atoms with Gasteiger partial charge in [-0.2, -0.15) is 5.10 Å². The third-order valence-electron chi connectivity index (χ3n) is 6.10. The number of halogens is 1. The number of carbonyl (C=O) groups excluding carboxylic acids is 2. The molecular weight excluding hydrogens is 361 g/mol. The van der Waals surface area contributed by atoms with Crippen LogP contribution in [-0.2, 0) is 21.4 Å². The van der Waals surface area contributed by atoms with Crippen molar-refractivity contribution in [1.82, 2.24) is 25.0 Å². The molecule has 2 saturated heterocycles. The molecule has 2 aliphatic rings. The number of fused-ring (bicyclic) bond motifs is 1. The number of piperidine rings is 1. The number of aromatic amines is 1. The maximum atomic E-state index is 13.9. The van der Waals surface area contributed by atoms with Gasteiger partial charge in [0.1, 0.15) is 11.6 Å². The Bertz CT molecular complexity index is 914. The zero-order chi connectivity index (χ0) is 19.9. The largest absolute Gasteiger partial charge is 0.342 e. The van der Waals surface area contributed by atoms with Crippen LogP contribution >= 0.6 is 0 Å². The average molecular weight is 385 g/mol. The third kappa shape index (κ3) is 3.16. The van der Waals surface area contributed by atoms with Crippen LogP contribution in [0, 0.1) is 18.7 Å². The standard InChI is InChI=1S/C20H24FN5O2/c1-13-22-19(24-23-13)20-7-8-25(10-16(20)11-26(12-20)14(2)27)18(28)9-15-5-3-4-6-17(15)21/h3-6,16H,7-12H2,1-2H3,(H,22,23,24). The first-order valence-corrected chi connectivity index (χ1v) is 9.55. The molecule has 4 rings (SSSR count). The number of carbonyl (C=O) groups is 2. The van der Waals surface area contributed by atoms with Crippen LogP contribution in [0.25, 0.3) is 0 Å². The van der Waals surface area contributed by atoms with Crippen LogP contribution in [0.4, 0.5) is 4.39 Å². The Hall–Kier alpha value is -2.77.